The van der Waals surface area contributed by atoms with Gasteiger partial charge in [-0.2, -0.15) is 0 Å². The summed E-state index contributed by atoms with van der Waals surface area (Å²) in [6.45, 7) is 2.93. The number of rotatable bonds is 4. The maximum absolute atomic E-state index is 11.3. The van der Waals surface area contributed by atoms with Gasteiger partial charge in [0.25, 0.3) is 11.8 Å². The van der Waals surface area contributed by atoms with E-state index in [1.54, 1.807) is 0 Å². The molecule has 1 aromatic carbocycles. The van der Waals surface area contributed by atoms with E-state index in [0.29, 0.717) is 0 Å². The number of carbonyl (C=O) groups is 2. The quantitative estimate of drug-likeness (QED) is 0.775. The van der Waals surface area contributed by atoms with Gasteiger partial charge in [0.1, 0.15) is 0 Å². The fourth-order valence-corrected chi connectivity index (χ4v) is 1.75. The summed E-state index contributed by atoms with van der Waals surface area (Å²) in [5.74, 6) is -1.88. The maximum Gasteiger partial charge on any atom is 0.251 e. The zero-order valence-electron chi connectivity index (χ0n) is 9.68. The van der Waals surface area contributed by atoms with Gasteiger partial charge in [0.15, 0.2) is 11.4 Å². The molecule has 0 unspecified atom stereocenters. The molecule has 18 heavy (non-hydrogen) atoms. The molecule has 1 aromatic rings. The second kappa shape index (κ2) is 4.70. The first kappa shape index (κ1) is 13.4. The van der Waals surface area contributed by atoms with Crippen molar-refractivity contribution in [2.75, 3.05) is 0 Å². The van der Waals surface area contributed by atoms with Crippen molar-refractivity contribution in [2.24, 2.45) is 21.8 Å². The minimum Gasteiger partial charge on any atom is -0.366 e. The second-order valence-electron chi connectivity index (χ2n) is 3.61. The van der Waals surface area contributed by atoms with E-state index >= 15 is 0 Å². The first-order valence-corrected chi connectivity index (χ1v) is 4.80. The van der Waals surface area contributed by atoms with Crippen molar-refractivity contribution >= 4 is 23.2 Å². The molecule has 0 fully saturated rings. The van der Waals surface area contributed by atoms with Crippen LogP contribution in [0.2, 0.25) is 0 Å². The van der Waals surface area contributed by atoms with Crippen LogP contribution < -0.4 is 11.5 Å². The Morgan fingerprint density at radius 1 is 0.833 bits per heavy atom. The highest BCUT2D eigenvalue weighted by molar-refractivity contribution is 6.09. The average molecular weight is 250 g/mol. The van der Waals surface area contributed by atoms with E-state index in [1.807, 2.05) is 0 Å². The number of nitrogens with two attached hydrogens (primary N) is 2. The summed E-state index contributed by atoms with van der Waals surface area (Å²) in [7, 11) is 0. The lowest BCUT2D eigenvalue weighted by Gasteiger charge is -2.13. The Morgan fingerprint density at radius 2 is 1.11 bits per heavy atom. The highest BCUT2D eigenvalue weighted by Crippen LogP contribution is 2.39. The minimum atomic E-state index is -0.939. The molecular weight excluding hydrogens is 240 g/mol. The fourth-order valence-electron chi connectivity index (χ4n) is 1.75. The number of carbonyl (C=O) groups excluding carboxylic acids is 2. The summed E-state index contributed by atoms with van der Waals surface area (Å²) < 4.78 is 0. The van der Waals surface area contributed by atoms with E-state index in [-0.39, 0.29) is 22.3 Å². The zero-order chi connectivity index (χ0) is 14.0. The third kappa shape index (κ3) is 1.83. The lowest BCUT2D eigenvalue weighted by Crippen LogP contribution is -2.18. The molecule has 0 aliphatic heterocycles. The molecule has 0 heterocycles. The molecule has 0 saturated carbocycles. The van der Waals surface area contributed by atoms with Crippen LogP contribution in [-0.4, -0.2) is 11.8 Å². The van der Waals surface area contributed by atoms with Crippen LogP contribution in [0.3, 0.4) is 0 Å². The minimum absolute atomic E-state index is 0.234. The van der Waals surface area contributed by atoms with Gasteiger partial charge < -0.3 is 11.5 Å². The van der Waals surface area contributed by atoms with Gasteiger partial charge in [0.05, 0.1) is 11.1 Å². The molecule has 1 rings (SSSR count). The molecule has 0 aliphatic carbocycles. The molecule has 2 amide bonds. The van der Waals surface area contributed by atoms with Crippen LogP contribution in [0.1, 0.15) is 31.8 Å². The molecule has 8 heteroatoms. The SMILES string of the molecule is Cc1c(C)c(C(N)=O)c(N=O)c(N=O)c1C(N)=O. The van der Waals surface area contributed by atoms with Gasteiger partial charge in [0.2, 0.25) is 0 Å². The Labute approximate surface area is 101 Å². The maximum atomic E-state index is 11.3. The van der Waals surface area contributed by atoms with Crippen LogP contribution in [-0.2, 0) is 0 Å². The number of primary amides is 2. The van der Waals surface area contributed by atoms with Gasteiger partial charge in [-0.1, -0.05) is 0 Å². The van der Waals surface area contributed by atoms with Crippen molar-refractivity contribution in [3.05, 3.63) is 32.1 Å². The molecule has 0 saturated heterocycles. The Morgan fingerprint density at radius 3 is 1.28 bits per heavy atom. The summed E-state index contributed by atoms with van der Waals surface area (Å²) in [5, 5.41) is 5.11. The molecule has 0 aromatic heterocycles. The Bertz CT molecular complexity index is 529. The Balaban J connectivity index is 3.98. The zero-order valence-corrected chi connectivity index (χ0v) is 9.68. The number of hydrogen-bond acceptors (Lipinski definition) is 6. The van der Waals surface area contributed by atoms with Crippen LogP contribution in [0.25, 0.3) is 0 Å². The van der Waals surface area contributed by atoms with Crippen molar-refractivity contribution in [3.63, 3.8) is 0 Å². The van der Waals surface area contributed by atoms with Gasteiger partial charge in [-0.05, 0) is 35.3 Å². The normalized spacial score (nSPS) is 9.89. The third-order valence-electron chi connectivity index (χ3n) is 2.69. The van der Waals surface area contributed by atoms with E-state index in [1.165, 1.54) is 13.8 Å². The lowest BCUT2D eigenvalue weighted by atomic mass is 9.93. The van der Waals surface area contributed by atoms with Crippen LogP contribution >= 0.6 is 0 Å². The van der Waals surface area contributed by atoms with E-state index in [2.05, 4.69) is 10.4 Å². The summed E-state index contributed by atoms with van der Waals surface area (Å²) in [6, 6.07) is 0. The monoisotopic (exact) mass is 250 g/mol. The van der Waals surface area contributed by atoms with Crippen LogP contribution in [0.5, 0.6) is 0 Å². The predicted octanol–water partition coefficient (Wildman–Crippen LogP) is 1.30. The number of amides is 2. The number of nitroso groups, excluding NO2 is 2. The van der Waals surface area contributed by atoms with Gasteiger partial charge >= 0.3 is 0 Å². The van der Waals surface area contributed by atoms with Gasteiger partial charge in [0, 0.05) is 0 Å². The van der Waals surface area contributed by atoms with Gasteiger partial charge in [-0.25, -0.2) is 0 Å². The van der Waals surface area contributed by atoms with Crippen LogP contribution in [0, 0.1) is 23.7 Å². The molecule has 0 radical (unpaired) electrons. The third-order valence-corrected chi connectivity index (χ3v) is 2.69. The number of benzene rings is 1. The topological polar surface area (TPSA) is 145 Å². The van der Waals surface area contributed by atoms with Crippen molar-refractivity contribution in [3.8, 4) is 0 Å². The lowest BCUT2D eigenvalue weighted by molar-refractivity contribution is 0.0988. The predicted molar refractivity (Wildman–Crippen MR) is 63.9 cm³/mol. The van der Waals surface area contributed by atoms with Crippen molar-refractivity contribution in [2.45, 2.75) is 13.8 Å². The summed E-state index contributed by atoms with van der Waals surface area (Å²) >= 11 is 0. The average Bonchev–Trinajstić information content (AvgIpc) is 2.30. The number of hydrogen-bond donors (Lipinski definition) is 2. The first-order valence-electron chi connectivity index (χ1n) is 4.80. The molecule has 0 aliphatic rings. The van der Waals surface area contributed by atoms with Crippen molar-refractivity contribution in [1.82, 2.24) is 0 Å². The van der Waals surface area contributed by atoms with E-state index in [4.69, 9.17) is 11.5 Å². The Hall–Kier alpha value is -2.64. The molecule has 4 N–H and O–H groups in total. The van der Waals surface area contributed by atoms with E-state index in [9.17, 15) is 19.4 Å². The fraction of sp³-hybridized carbons (Fsp3) is 0.200. The highest BCUT2D eigenvalue weighted by atomic mass is 16.3. The molecule has 8 nitrogen and oxygen atoms in total. The largest absolute Gasteiger partial charge is 0.366 e. The standard InChI is InChI=1S/C10H10N4O4/c1-3-4(2)6(10(12)16)8(14-18)7(13-17)5(3)9(11)15/h1-2H3,(H2,11,15)(H2,12,16). The summed E-state index contributed by atoms with van der Waals surface area (Å²) in [4.78, 5) is 44.0. The summed E-state index contributed by atoms with van der Waals surface area (Å²) in [5.41, 5.74) is 9.16. The van der Waals surface area contributed by atoms with Crippen molar-refractivity contribution in [1.29, 1.82) is 0 Å². The van der Waals surface area contributed by atoms with Gasteiger partial charge in [-0.3, -0.25) is 9.59 Å². The smallest absolute Gasteiger partial charge is 0.251 e. The molecule has 0 spiro atoms. The second-order valence-corrected chi connectivity index (χ2v) is 3.61. The Kier molecular flexibility index (Phi) is 3.50. The number of nitrogens with zero attached hydrogens (tertiary/aromatic N) is 2. The molecule has 0 atom stereocenters. The molecule has 0 bridgehead atoms. The van der Waals surface area contributed by atoms with E-state index < -0.39 is 23.2 Å². The van der Waals surface area contributed by atoms with Crippen LogP contribution in [0.4, 0.5) is 11.4 Å². The summed E-state index contributed by atoms with van der Waals surface area (Å²) in [6.07, 6.45) is 0. The molecule has 94 valence electrons. The first-order chi connectivity index (χ1) is 8.36. The molecular formula is C10H10N4O4. The highest BCUT2D eigenvalue weighted by Gasteiger charge is 2.26. The van der Waals surface area contributed by atoms with Crippen molar-refractivity contribution < 1.29 is 9.59 Å². The van der Waals surface area contributed by atoms with Gasteiger partial charge in [-0.15, -0.1) is 9.81 Å². The van der Waals surface area contributed by atoms with Crippen LogP contribution in [0.15, 0.2) is 10.4 Å². The van der Waals surface area contributed by atoms with E-state index in [0.717, 1.165) is 0 Å².